The molecule has 0 saturated heterocycles. The molecular formula is C26H31BrN5O7P. The summed E-state index contributed by atoms with van der Waals surface area (Å²) in [5, 5.41) is 0. The normalized spacial score (nSPS) is 17.7. The molecule has 1 saturated carbocycles. The molecule has 214 valence electrons. The first-order valence-corrected chi connectivity index (χ1v) is 15.5. The number of nitrogens with zero attached hydrogens (tertiary/aromatic N) is 3. The number of nitrogen functional groups attached to an aromatic ring is 1. The van der Waals surface area contributed by atoms with E-state index < -0.39 is 13.2 Å². The van der Waals surface area contributed by atoms with E-state index in [-0.39, 0.29) is 56.0 Å². The lowest BCUT2D eigenvalue weighted by atomic mass is 9.87. The van der Waals surface area contributed by atoms with Gasteiger partial charge in [0.1, 0.15) is 13.0 Å². The van der Waals surface area contributed by atoms with Gasteiger partial charge in [-0.25, -0.2) is 4.98 Å². The monoisotopic (exact) mass is 635 g/mol. The van der Waals surface area contributed by atoms with Crippen molar-refractivity contribution < 1.29 is 27.8 Å². The van der Waals surface area contributed by atoms with Crippen molar-refractivity contribution in [2.45, 2.75) is 45.3 Å². The number of fused-ring (bicyclic) bond motifs is 1. The maximum Gasteiger partial charge on any atom is 0.356 e. The van der Waals surface area contributed by atoms with Crippen LogP contribution < -0.4 is 11.3 Å². The Hall–Kier alpha value is -2.96. The predicted molar refractivity (Wildman–Crippen MR) is 151 cm³/mol. The highest BCUT2D eigenvalue weighted by Gasteiger charge is 2.33. The molecule has 3 heterocycles. The number of halogens is 1. The Morgan fingerprint density at radius 2 is 2.00 bits per heavy atom. The van der Waals surface area contributed by atoms with Crippen LogP contribution >= 0.6 is 23.5 Å². The third kappa shape index (κ3) is 7.02. The van der Waals surface area contributed by atoms with E-state index in [0.717, 1.165) is 35.7 Å². The second-order valence-corrected chi connectivity index (χ2v) is 12.5. The lowest BCUT2D eigenvalue weighted by Crippen LogP contribution is -2.14. The molecule has 2 aliphatic rings. The van der Waals surface area contributed by atoms with Crippen LogP contribution in [0.25, 0.3) is 11.2 Å². The van der Waals surface area contributed by atoms with Gasteiger partial charge in [-0.05, 0) is 37.1 Å². The van der Waals surface area contributed by atoms with Gasteiger partial charge < -0.3 is 29.0 Å². The number of H-pyrrole nitrogens is 1. The summed E-state index contributed by atoms with van der Waals surface area (Å²) in [6.45, 7) is 4.13. The molecule has 0 amide bonds. The number of hydrogen-bond donors (Lipinski definition) is 2. The molecule has 0 spiro atoms. The number of hydrogen-bond acceptors (Lipinski definition) is 10. The Morgan fingerprint density at radius 3 is 2.80 bits per heavy atom. The highest BCUT2D eigenvalue weighted by molar-refractivity contribution is 9.10. The van der Waals surface area contributed by atoms with Crippen molar-refractivity contribution in [3.8, 4) is 0 Å². The van der Waals surface area contributed by atoms with E-state index in [9.17, 15) is 9.36 Å². The number of nitrogens with one attached hydrogen (secondary N) is 1. The maximum atomic E-state index is 13.8. The smallest absolute Gasteiger partial charge is 0.356 e. The molecule has 0 radical (unpaired) electrons. The number of aromatic amines is 1. The van der Waals surface area contributed by atoms with Crippen molar-refractivity contribution in [1.29, 1.82) is 0 Å². The van der Waals surface area contributed by atoms with Crippen molar-refractivity contribution in [3.63, 3.8) is 0 Å². The number of anilines is 1. The first-order valence-electron chi connectivity index (χ1n) is 13.0. The zero-order valence-corrected chi connectivity index (χ0v) is 24.3. The van der Waals surface area contributed by atoms with Crippen LogP contribution in [0.1, 0.15) is 37.7 Å². The van der Waals surface area contributed by atoms with Gasteiger partial charge in [0.05, 0.1) is 19.5 Å². The fourth-order valence-corrected chi connectivity index (χ4v) is 6.39. The minimum Gasteiger partial charge on any atom is -0.427 e. The molecule has 1 fully saturated rings. The van der Waals surface area contributed by atoms with Gasteiger partial charge >= 0.3 is 7.60 Å². The van der Waals surface area contributed by atoms with E-state index in [1.54, 1.807) is 4.57 Å². The molecule has 14 heteroatoms. The Morgan fingerprint density at radius 1 is 1.20 bits per heavy atom. The largest absolute Gasteiger partial charge is 0.427 e. The number of rotatable bonds is 12. The number of imidazole rings is 1. The highest BCUT2D eigenvalue weighted by atomic mass is 79.9. The summed E-state index contributed by atoms with van der Waals surface area (Å²) in [6.07, 6.45) is 6.57. The first-order chi connectivity index (χ1) is 19.3. The molecule has 1 atom stereocenters. The second-order valence-electron chi connectivity index (χ2n) is 9.58. The minimum absolute atomic E-state index is 0.0123. The van der Waals surface area contributed by atoms with Crippen LogP contribution in [0, 0.1) is 5.92 Å². The number of ether oxygens (including phenoxy) is 3. The van der Waals surface area contributed by atoms with Gasteiger partial charge in [-0.15, -0.1) is 0 Å². The summed E-state index contributed by atoms with van der Waals surface area (Å²) >= 11 is 3.44. The fraction of sp³-hybridized carbons (Fsp3) is 0.423. The van der Waals surface area contributed by atoms with Gasteiger partial charge in [-0.1, -0.05) is 47.3 Å². The molecule has 1 aromatic carbocycles. The lowest BCUT2D eigenvalue weighted by molar-refractivity contribution is 0.114. The molecule has 1 aliphatic heterocycles. The first kappa shape index (κ1) is 28.6. The van der Waals surface area contributed by atoms with Crippen LogP contribution in [0.3, 0.4) is 0 Å². The van der Waals surface area contributed by atoms with Gasteiger partial charge in [-0.3, -0.25) is 18.9 Å². The fourth-order valence-electron chi connectivity index (χ4n) is 4.71. The molecule has 40 heavy (non-hydrogen) atoms. The van der Waals surface area contributed by atoms with E-state index in [1.165, 1.54) is 12.7 Å². The van der Waals surface area contributed by atoms with Crippen LogP contribution in [-0.4, -0.2) is 39.1 Å². The van der Waals surface area contributed by atoms with Crippen molar-refractivity contribution in [3.05, 3.63) is 75.0 Å². The topological polar surface area (TPSA) is 153 Å². The maximum absolute atomic E-state index is 13.8. The summed E-state index contributed by atoms with van der Waals surface area (Å²) in [5.41, 5.74) is 6.55. The molecule has 0 bridgehead atoms. The zero-order valence-electron chi connectivity index (χ0n) is 21.8. The summed E-state index contributed by atoms with van der Waals surface area (Å²) in [7, 11) is -3.76. The van der Waals surface area contributed by atoms with Crippen LogP contribution in [0.15, 0.2) is 63.9 Å². The molecule has 2 aromatic heterocycles. The molecular weight excluding hydrogens is 605 g/mol. The predicted octanol–water partition coefficient (Wildman–Crippen LogP) is 5.17. The van der Waals surface area contributed by atoms with Crippen LogP contribution in [-0.2, 0) is 41.0 Å². The summed E-state index contributed by atoms with van der Waals surface area (Å²) in [4.78, 5) is 22.7. The molecule has 12 nitrogen and oxygen atoms in total. The Balaban J connectivity index is 1.25. The van der Waals surface area contributed by atoms with E-state index in [4.69, 9.17) is 29.0 Å². The second kappa shape index (κ2) is 12.7. The van der Waals surface area contributed by atoms with Crippen molar-refractivity contribution >= 4 is 40.6 Å². The lowest BCUT2D eigenvalue weighted by Gasteiger charge is -2.22. The molecule has 3 aromatic rings. The molecule has 3 N–H and O–H groups in total. The quantitative estimate of drug-likeness (QED) is 0.201. The minimum atomic E-state index is -3.76. The van der Waals surface area contributed by atoms with Crippen LogP contribution in [0.5, 0.6) is 0 Å². The number of benzene rings is 1. The van der Waals surface area contributed by atoms with Gasteiger partial charge in [0.2, 0.25) is 5.95 Å². The zero-order chi connectivity index (χ0) is 28.1. The SMILES string of the molecule is C=C1OC(COP(=O)(COCCn2cnc3c(=O)[nH]c(N)nc32)OCc2cccc(Br)c2)=C(C2CCCCC2)O1. The van der Waals surface area contributed by atoms with Crippen molar-refractivity contribution in [1.82, 2.24) is 19.5 Å². The third-order valence-electron chi connectivity index (χ3n) is 6.64. The van der Waals surface area contributed by atoms with Gasteiger partial charge in [0.25, 0.3) is 11.5 Å². The molecule has 5 rings (SSSR count). The number of aromatic nitrogens is 4. The number of allylic oxidation sites excluding steroid dienone is 1. The Bertz CT molecular complexity index is 1510. The van der Waals surface area contributed by atoms with Gasteiger partial charge in [0, 0.05) is 16.9 Å². The van der Waals surface area contributed by atoms with E-state index >= 15 is 0 Å². The van der Waals surface area contributed by atoms with Crippen LogP contribution in [0.4, 0.5) is 5.95 Å². The standard InChI is InChI=1S/C26H31BrN5O7P/c1-17-38-21(23(39-17)19-7-3-2-4-8-19)14-37-40(34,36-13-18-6-5-9-20(27)12-18)16-35-11-10-32-15-29-22-24(32)30-26(28)31-25(22)33/h5-6,9,12,15,19H,1-4,7-8,10-11,13-14,16H2,(H3,28,30,31,33). The summed E-state index contributed by atoms with van der Waals surface area (Å²) in [5.74, 6) is 1.53. The van der Waals surface area contributed by atoms with Crippen molar-refractivity contribution in [2.75, 3.05) is 25.3 Å². The summed E-state index contributed by atoms with van der Waals surface area (Å²) in [6, 6.07) is 7.49. The third-order valence-corrected chi connectivity index (χ3v) is 8.68. The van der Waals surface area contributed by atoms with Crippen LogP contribution in [0.2, 0.25) is 0 Å². The Labute approximate surface area is 239 Å². The molecule has 1 aliphatic carbocycles. The Kier molecular flexibility index (Phi) is 9.07. The average molecular weight is 636 g/mol. The van der Waals surface area contributed by atoms with Crippen molar-refractivity contribution in [2.24, 2.45) is 5.92 Å². The van der Waals surface area contributed by atoms with E-state index in [2.05, 4.69) is 37.5 Å². The van der Waals surface area contributed by atoms with E-state index in [0.29, 0.717) is 17.2 Å². The highest BCUT2D eigenvalue weighted by Crippen LogP contribution is 2.50. The average Bonchev–Trinajstić information content (AvgIpc) is 3.52. The number of nitrogens with two attached hydrogens (primary N) is 1. The summed E-state index contributed by atoms with van der Waals surface area (Å²) < 4.78 is 45.3. The van der Waals surface area contributed by atoms with E-state index in [1.807, 2.05) is 24.3 Å². The molecule has 1 unspecified atom stereocenters. The van der Waals surface area contributed by atoms with Gasteiger partial charge in [0.15, 0.2) is 22.7 Å². The van der Waals surface area contributed by atoms with Gasteiger partial charge in [-0.2, -0.15) is 4.98 Å².